The number of hydrogen-bond acceptors (Lipinski definition) is 4. The van der Waals surface area contributed by atoms with Gasteiger partial charge in [-0.3, -0.25) is 4.90 Å². The van der Waals surface area contributed by atoms with Gasteiger partial charge in [-0.15, -0.1) is 0 Å². The van der Waals surface area contributed by atoms with Gasteiger partial charge in [-0.25, -0.2) is 0 Å². The molecule has 0 spiro atoms. The molecular weight excluding hydrogens is 230 g/mol. The van der Waals surface area contributed by atoms with E-state index in [2.05, 4.69) is 18.1 Å². The number of methoxy groups -OCH3 is 1. The van der Waals surface area contributed by atoms with Gasteiger partial charge >= 0.3 is 0 Å². The number of nitrogens with zero attached hydrogens (tertiary/aromatic N) is 1. The lowest BCUT2D eigenvalue weighted by Gasteiger charge is -2.26. The molecule has 0 aromatic rings. The summed E-state index contributed by atoms with van der Waals surface area (Å²) in [5, 5.41) is 0. The standard InChI is InChI=1S/C14H23NO3/c1-4-13(16-3)14(5-2)18-10-6-7-15-8-11-17-12-9-15/h4-5H,1-2,6-12H2,3H3. The minimum absolute atomic E-state index is 0.622. The van der Waals surface area contributed by atoms with Crippen molar-refractivity contribution in [3.63, 3.8) is 0 Å². The first-order chi connectivity index (χ1) is 8.81. The molecule has 0 radical (unpaired) electrons. The molecule has 4 heteroatoms. The van der Waals surface area contributed by atoms with Gasteiger partial charge in [-0.2, -0.15) is 0 Å². The molecule has 0 N–H and O–H groups in total. The van der Waals surface area contributed by atoms with Crippen LogP contribution < -0.4 is 0 Å². The Morgan fingerprint density at radius 3 is 2.44 bits per heavy atom. The maximum atomic E-state index is 5.63. The van der Waals surface area contributed by atoms with Crippen LogP contribution in [0.5, 0.6) is 0 Å². The fraction of sp³-hybridized carbons (Fsp3) is 0.571. The Kier molecular flexibility index (Phi) is 7.22. The average molecular weight is 253 g/mol. The molecule has 1 aliphatic heterocycles. The fourth-order valence-corrected chi connectivity index (χ4v) is 1.81. The van der Waals surface area contributed by atoms with Crippen LogP contribution in [0.1, 0.15) is 6.42 Å². The highest BCUT2D eigenvalue weighted by molar-refractivity contribution is 5.21. The van der Waals surface area contributed by atoms with Crippen LogP contribution in [-0.2, 0) is 14.2 Å². The van der Waals surface area contributed by atoms with E-state index in [1.165, 1.54) is 0 Å². The summed E-state index contributed by atoms with van der Waals surface area (Å²) >= 11 is 0. The molecule has 0 aliphatic carbocycles. The lowest BCUT2D eigenvalue weighted by molar-refractivity contribution is 0.0344. The second kappa shape index (κ2) is 8.78. The number of hydrogen-bond donors (Lipinski definition) is 0. The fourth-order valence-electron chi connectivity index (χ4n) is 1.81. The van der Waals surface area contributed by atoms with Gasteiger partial charge in [0.1, 0.15) is 0 Å². The molecule has 1 aliphatic rings. The van der Waals surface area contributed by atoms with E-state index < -0.39 is 0 Å². The lowest BCUT2D eigenvalue weighted by atomic mass is 10.3. The van der Waals surface area contributed by atoms with Crippen LogP contribution in [0.15, 0.2) is 36.8 Å². The van der Waals surface area contributed by atoms with Crippen LogP contribution in [0.3, 0.4) is 0 Å². The van der Waals surface area contributed by atoms with E-state index in [0.29, 0.717) is 18.1 Å². The van der Waals surface area contributed by atoms with E-state index in [1.807, 2.05) is 0 Å². The number of morpholine rings is 1. The molecule has 0 aromatic heterocycles. The molecule has 0 aromatic carbocycles. The molecule has 1 rings (SSSR count). The predicted octanol–water partition coefficient (Wildman–Crippen LogP) is 1.96. The molecule has 0 saturated carbocycles. The van der Waals surface area contributed by atoms with Crippen molar-refractivity contribution in [2.75, 3.05) is 46.6 Å². The molecule has 18 heavy (non-hydrogen) atoms. The highest BCUT2D eigenvalue weighted by Gasteiger charge is 2.09. The summed E-state index contributed by atoms with van der Waals surface area (Å²) in [7, 11) is 1.59. The lowest BCUT2D eigenvalue weighted by Crippen LogP contribution is -2.37. The normalized spacial score (nSPS) is 17.8. The highest BCUT2D eigenvalue weighted by Crippen LogP contribution is 2.10. The first kappa shape index (κ1) is 14.8. The van der Waals surface area contributed by atoms with E-state index in [4.69, 9.17) is 14.2 Å². The van der Waals surface area contributed by atoms with Crippen molar-refractivity contribution in [3.8, 4) is 0 Å². The molecule has 0 unspecified atom stereocenters. The van der Waals surface area contributed by atoms with Crippen LogP contribution in [0.4, 0.5) is 0 Å². The minimum Gasteiger partial charge on any atom is -0.493 e. The second-order valence-corrected chi connectivity index (χ2v) is 4.00. The SMILES string of the molecule is C=CC(OC)=C(C=C)OCCCN1CCOCC1. The molecule has 102 valence electrons. The van der Waals surface area contributed by atoms with Gasteiger partial charge in [0, 0.05) is 19.6 Å². The third kappa shape index (κ3) is 4.94. The predicted molar refractivity (Wildman–Crippen MR) is 72.3 cm³/mol. The Morgan fingerprint density at radius 1 is 1.22 bits per heavy atom. The monoisotopic (exact) mass is 253 g/mol. The van der Waals surface area contributed by atoms with E-state index in [0.717, 1.165) is 39.3 Å². The molecule has 0 bridgehead atoms. The Morgan fingerprint density at radius 2 is 1.89 bits per heavy atom. The van der Waals surface area contributed by atoms with Crippen LogP contribution in [0, 0.1) is 0 Å². The summed E-state index contributed by atoms with van der Waals surface area (Å²) in [5.41, 5.74) is 0. The maximum absolute atomic E-state index is 5.63. The van der Waals surface area contributed by atoms with Crippen molar-refractivity contribution in [1.82, 2.24) is 4.90 Å². The highest BCUT2D eigenvalue weighted by atomic mass is 16.5. The van der Waals surface area contributed by atoms with Gasteiger partial charge in [-0.05, 0) is 18.6 Å². The minimum atomic E-state index is 0.622. The Balaban J connectivity index is 2.24. The van der Waals surface area contributed by atoms with Gasteiger partial charge < -0.3 is 14.2 Å². The number of ether oxygens (including phenoxy) is 3. The molecule has 0 atom stereocenters. The molecule has 0 amide bonds. The Hall–Kier alpha value is -1.26. The molecule has 1 saturated heterocycles. The van der Waals surface area contributed by atoms with Gasteiger partial charge in [0.15, 0.2) is 11.5 Å². The summed E-state index contributed by atoms with van der Waals surface area (Å²) in [4.78, 5) is 2.38. The number of rotatable bonds is 8. The van der Waals surface area contributed by atoms with Crippen LogP contribution in [0.25, 0.3) is 0 Å². The second-order valence-electron chi connectivity index (χ2n) is 4.00. The first-order valence-corrected chi connectivity index (χ1v) is 6.28. The zero-order valence-corrected chi connectivity index (χ0v) is 11.2. The zero-order valence-electron chi connectivity index (χ0n) is 11.2. The largest absolute Gasteiger partial charge is 0.493 e. The number of allylic oxidation sites excluding steroid dienone is 2. The topological polar surface area (TPSA) is 30.9 Å². The summed E-state index contributed by atoms with van der Waals surface area (Å²) < 4.78 is 16.1. The third-order valence-electron chi connectivity index (χ3n) is 2.81. The van der Waals surface area contributed by atoms with Crippen LogP contribution in [0.2, 0.25) is 0 Å². The zero-order chi connectivity index (χ0) is 13.2. The summed E-state index contributed by atoms with van der Waals surface area (Å²) in [5.74, 6) is 1.27. The van der Waals surface area contributed by atoms with E-state index in [1.54, 1.807) is 19.3 Å². The average Bonchev–Trinajstić information content (AvgIpc) is 2.43. The smallest absolute Gasteiger partial charge is 0.160 e. The maximum Gasteiger partial charge on any atom is 0.160 e. The van der Waals surface area contributed by atoms with Crippen molar-refractivity contribution in [1.29, 1.82) is 0 Å². The molecular formula is C14H23NO3. The van der Waals surface area contributed by atoms with Gasteiger partial charge in [-0.1, -0.05) is 13.2 Å². The van der Waals surface area contributed by atoms with Crippen molar-refractivity contribution in [2.45, 2.75) is 6.42 Å². The summed E-state index contributed by atoms with van der Waals surface area (Å²) in [6.45, 7) is 12.8. The van der Waals surface area contributed by atoms with Gasteiger partial charge in [0.25, 0.3) is 0 Å². The van der Waals surface area contributed by atoms with Crippen molar-refractivity contribution < 1.29 is 14.2 Å². The van der Waals surface area contributed by atoms with Crippen molar-refractivity contribution in [2.24, 2.45) is 0 Å². The van der Waals surface area contributed by atoms with Crippen LogP contribution in [-0.4, -0.2) is 51.5 Å². The van der Waals surface area contributed by atoms with E-state index in [-0.39, 0.29) is 0 Å². The van der Waals surface area contributed by atoms with Crippen molar-refractivity contribution in [3.05, 3.63) is 36.8 Å². The van der Waals surface area contributed by atoms with E-state index in [9.17, 15) is 0 Å². The Labute approximate surface area is 110 Å². The van der Waals surface area contributed by atoms with Crippen LogP contribution >= 0.6 is 0 Å². The Bertz CT molecular complexity index is 293. The molecule has 1 heterocycles. The summed E-state index contributed by atoms with van der Waals surface area (Å²) in [6.07, 6.45) is 4.25. The summed E-state index contributed by atoms with van der Waals surface area (Å²) in [6, 6.07) is 0. The van der Waals surface area contributed by atoms with E-state index >= 15 is 0 Å². The molecule has 4 nitrogen and oxygen atoms in total. The van der Waals surface area contributed by atoms with Gasteiger partial charge in [0.2, 0.25) is 0 Å². The van der Waals surface area contributed by atoms with Gasteiger partial charge in [0.05, 0.1) is 26.9 Å². The quantitative estimate of drug-likeness (QED) is 0.376. The van der Waals surface area contributed by atoms with Crippen molar-refractivity contribution >= 4 is 0 Å². The molecule has 1 fully saturated rings. The third-order valence-corrected chi connectivity index (χ3v) is 2.81. The first-order valence-electron chi connectivity index (χ1n) is 6.28.